The number of aliphatic hydroxyl groups excluding tert-OH is 1. The van der Waals surface area contributed by atoms with E-state index in [-0.39, 0.29) is 11.7 Å². The quantitative estimate of drug-likeness (QED) is 0.561. The van der Waals surface area contributed by atoms with Crippen LogP contribution in [0.4, 0.5) is 0 Å². The lowest BCUT2D eigenvalue weighted by molar-refractivity contribution is 0.0120. The number of nitrogens with zero attached hydrogens (tertiary/aromatic N) is 2. The molecule has 0 amide bonds. The summed E-state index contributed by atoms with van der Waals surface area (Å²) in [6.45, 7) is 5.44. The summed E-state index contributed by atoms with van der Waals surface area (Å²) in [4.78, 5) is 17.6. The number of benzene rings is 2. The summed E-state index contributed by atoms with van der Waals surface area (Å²) >= 11 is 0. The molecule has 6 nitrogen and oxygen atoms in total. The van der Waals surface area contributed by atoms with Gasteiger partial charge in [-0.25, -0.2) is 4.79 Å². The Morgan fingerprint density at radius 2 is 1.87 bits per heavy atom. The fourth-order valence-corrected chi connectivity index (χ4v) is 4.44. The van der Waals surface area contributed by atoms with Crippen LogP contribution >= 0.6 is 0 Å². The summed E-state index contributed by atoms with van der Waals surface area (Å²) in [5, 5.41) is 10.4. The van der Waals surface area contributed by atoms with E-state index in [4.69, 9.17) is 4.74 Å². The number of imidazole rings is 1. The van der Waals surface area contributed by atoms with Crippen LogP contribution in [-0.2, 0) is 11.2 Å². The number of aryl methyl sites for hydroxylation is 1. The smallest absolute Gasteiger partial charge is 0.326 e. The van der Waals surface area contributed by atoms with E-state index in [1.807, 2.05) is 41.0 Å². The number of likely N-dealkylation sites (tertiary alicyclic amines) is 1. The maximum atomic E-state index is 12.4. The lowest BCUT2D eigenvalue weighted by atomic mass is 10.0. The molecule has 2 N–H and O–H groups in total. The molecule has 160 valence electrons. The number of β-amino-alcohol motifs (C(OH)–C–C–N with tert-alkyl or cyclic N) is 1. The summed E-state index contributed by atoms with van der Waals surface area (Å²) < 4.78 is 7.61. The highest BCUT2D eigenvalue weighted by molar-refractivity contribution is 5.75. The van der Waals surface area contributed by atoms with Gasteiger partial charge in [0.15, 0.2) is 0 Å². The topological polar surface area (TPSA) is 70.5 Å². The molecule has 0 bridgehead atoms. The summed E-state index contributed by atoms with van der Waals surface area (Å²) in [6.07, 6.45) is 2.18. The van der Waals surface area contributed by atoms with Crippen molar-refractivity contribution in [2.75, 3.05) is 32.8 Å². The number of aliphatic hydroxyl groups is 1. The van der Waals surface area contributed by atoms with Crippen LogP contribution in [0.1, 0.15) is 30.0 Å². The molecule has 1 fully saturated rings. The number of rotatable bonds is 8. The first-order valence-electron chi connectivity index (χ1n) is 10.8. The Bertz CT molecular complexity index is 1020. The van der Waals surface area contributed by atoms with Crippen LogP contribution in [0.3, 0.4) is 0 Å². The van der Waals surface area contributed by atoms with E-state index in [1.165, 1.54) is 11.1 Å². The highest BCUT2D eigenvalue weighted by Crippen LogP contribution is 2.24. The molecule has 1 saturated heterocycles. The van der Waals surface area contributed by atoms with E-state index < -0.39 is 6.10 Å². The standard InChI is InChI=1S/C24H31N3O3/c1-18-6-2-3-7-19(18)12-15-30-17-21(28)16-26-13-10-20(11-14-26)27-23-9-5-4-8-22(23)25-24(27)29/h2-9,20-21,28H,10-17H2,1H3,(H,25,29). The zero-order valence-corrected chi connectivity index (χ0v) is 17.6. The third kappa shape index (κ3) is 4.83. The molecule has 6 heteroatoms. The van der Waals surface area contributed by atoms with Crippen molar-refractivity contribution in [2.45, 2.75) is 38.3 Å². The van der Waals surface area contributed by atoms with Gasteiger partial charge in [-0.2, -0.15) is 0 Å². The molecule has 2 heterocycles. The number of hydrogen-bond donors (Lipinski definition) is 2. The highest BCUT2D eigenvalue weighted by atomic mass is 16.5. The van der Waals surface area contributed by atoms with Gasteiger partial charge < -0.3 is 19.7 Å². The average Bonchev–Trinajstić information content (AvgIpc) is 3.09. The van der Waals surface area contributed by atoms with E-state index in [2.05, 4.69) is 28.9 Å². The maximum absolute atomic E-state index is 12.4. The lowest BCUT2D eigenvalue weighted by Crippen LogP contribution is -2.41. The van der Waals surface area contributed by atoms with Crippen molar-refractivity contribution in [1.29, 1.82) is 0 Å². The van der Waals surface area contributed by atoms with Crippen LogP contribution in [0.25, 0.3) is 11.0 Å². The zero-order chi connectivity index (χ0) is 20.9. The molecule has 0 radical (unpaired) electrons. The molecule has 4 rings (SSSR count). The SMILES string of the molecule is Cc1ccccc1CCOCC(O)CN1CCC(n2c(=O)[nH]c3ccccc32)CC1. The first kappa shape index (κ1) is 20.8. The predicted molar refractivity (Wildman–Crippen MR) is 119 cm³/mol. The van der Waals surface area contributed by atoms with Gasteiger partial charge in [0.2, 0.25) is 0 Å². The second-order valence-corrected chi connectivity index (χ2v) is 8.25. The Hall–Kier alpha value is -2.41. The van der Waals surface area contributed by atoms with Crippen molar-refractivity contribution in [2.24, 2.45) is 0 Å². The van der Waals surface area contributed by atoms with E-state index in [0.717, 1.165) is 43.4 Å². The van der Waals surface area contributed by atoms with Crippen LogP contribution in [0.15, 0.2) is 53.3 Å². The molecule has 1 aliphatic rings. The van der Waals surface area contributed by atoms with Gasteiger partial charge in [0, 0.05) is 25.7 Å². The Morgan fingerprint density at radius 3 is 2.67 bits per heavy atom. The minimum atomic E-state index is -0.491. The first-order valence-corrected chi connectivity index (χ1v) is 10.8. The van der Waals surface area contributed by atoms with Gasteiger partial charge in [0.25, 0.3) is 0 Å². The summed E-state index contributed by atoms with van der Waals surface area (Å²) in [7, 11) is 0. The van der Waals surface area contributed by atoms with Gasteiger partial charge in [0.05, 0.1) is 30.4 Å². The molecule has 1 aliphatic heterocycles. The second kappa shape index (κ2) is 9.60. The summed E-state index contributed by atoms with van der Waals surface area (Å²) in [5.41, 5.74) is 4.41. The van der Waals surface area contributed by atoms with Crippen molar-refractivity contribution >= 4 is 11.0 Å². The normalized spacial score (nSPS) is 16.9. The molecule has 2 aromatic carbocycles. The van der Waals surface area contributed by atoms with Crippen molar-refractivity contribution in [3.8, 4) is 0 Å². The van der Waals surface area contributed by atoms with E-state index in [0.29, 0.717) is 19.8 Å². The molecule has 0 spiro atoms. The van der Waals surface area contributed by atoms with Crippen LogP contribution in [0.2, 0.25) is 0 Å². The van der Waals surface area contributed by atoms with Gasteiger partial charge in [0.1, 0.15) is 0 Å². The predicted octanol–water partition coefficient (Wildman–Crippen LogP) is 2.90. The molecule has 1 unspecified atom stereocenters. The monoisotopic (exact) mass is 409 g/mol. The van der Waals surface area contributed by atoms with Crippen molar-refractivity contribution in [1.82, 2.24) is 14.5 Å². The lowest BCUT2D eigenvalue weighted by Gasteiger charge is -2.33. The molecule has 1 aromatic heterocycles. The van der Waals surface area contributed by atoms with Gasteiger partial charge in [-0.1, -0.05) is 36.4 Å². The molecule has 0 aliphatic carbocycles. The van der Waals surface area contributed by atoms with Crippen LogP contribution in [0.5, 0.6) is 0 Å². The summed E-state index contributed by atoms with van der Waals surface area (Å²) in [6, 6.07) is 16.4. The van der Waals surface area contributed by atoms with E-state index in [9.17, 15) is 9.90 Å². The van der Waals surface area contributed by atoms with Crippen molar-refractivity contribution in [3.63, 3.8) is 0 Å². The van der Waals surface area contributed by atoms with E-state index in [1.54, 1.807) is 0 Å². The molecule has 1 atom stereocenters. The minimum absolute atomic E-state index is 0.0308. The minimum Gasteiger partial charge on any atom is -0.389 e. The fraction of sp³-hybridized carbons (Fsp3) is 0.458. The molecule has 3 aromatic rings. The van der Waals surface area contributed by atoms with Gasteiger partial charge >= 0.3 is 5.69 Å². The zero-order valence-electron chi connectivity index (χ0n) is 17.6. The van der Waals surface area contributed by atoms with Crippen molar-refractivity contribution < 1.29 is 9.84 Å². The third-order valence-corrected chi connectivity index (χ3v) is 6.10. The van der Waals surface area contributed by atoms with Gasteiger partial charge in [-0.15, -0.1) is 0 Å². The Morgan fingerprint density at radius 1 is 1.13 bits per heavy atom. The molecular weight excluding hydrogens is 378 g/mol. The highest BCUT2D eigenvalue weighted by Gasteiger charge is 2.24. The average molecular weight is 410 g/mol. The third-order valence-electron chi connectivity index (χ3n) is 6.10. The number of para-hydroxylation sites is 2. The van der Waals surface area contributed by atoms with Crippen molar-refractivity contribution in [3.05, 3.63) is 70.1 Å². The van der Waals surface area contributed by atoms with Crippen LogP contribution < -0.4 is 5.69 Å². The van der Waals surface area contributed by atoms with Crippen LogP contribution in [0, 0.1) is 6.92 Å². The Balaban J connectivity index is 1.21. The molecule has 30 heavy (non-hydrogen) atoms. The largest absolute Gasteiger partial charge is 0.389 e. The number of piperidine rings is 1. The van der Waals surface area contributed by atoms with Gasteiger partial charge in [-0.05, 0) is 49.4 Å². The second-order valence-electron chi connectivity index (χ2n) is 8.25. The molecule has 0 saturated carbocycles. The molecular formula is C24H31N3O3. The Kier molecular flexibility index (Phi) is 6.67. The van der Waals surface area contributed by atoms with E-state index >= 15 is 0 Å². The number of aromatic amines is 1. The maximum Gasteiger partial charge on any atom is 0.326 e. The number of H-pyrrole nitrogens is 1. The number of ether oxygens (including phenoxy) is 1. The first-order chi connectivity index (χ1) is 14.6. The Labute approximate surface area is 177 Å². The fourth-order valence-electron chi connectivity index (χ4n) is 4.44. The van der Waals surface area contributed by atoms with Crippen LogP contribution in [-0.4, -0.2) is 58.5 Å². The number of aromatic nitrogens is 2. The number of fused-ring (bicyclic) bond motifs is 1. The number of nitrogens with one attached hydrogen (secondary N) is 1. The van der Waals surface area contributed by atoms with Gasteiger partial charge in [-0.3, -0.25) is 4.57 Å². The summed E-state index contributed by atoms with van der Waals surface area (Å²) in [5.74, 6) is 0. The number of hydrogen-bond acceptors (Lipinski definition) is 4.